The second-order valence-corrected chi connectivity index (χ2v) is 3.97. The van der Waals surface area contributed by atoms with Gasteiger partial charge in [0.1, 0.15) is 6.61 Å². The molecular weight excluding hydrogens is 188 g/mol. The molecule has 3 nitrogen and oxygen atoms in total. The van der Waals surface area contributed by atoms with Crippen LogP contribution in [0.15, 0.2) is 24.4 Å². The molecule has 0 atom stereocenters. The van der Waals surface area contributed by atoms with Gasteiger partial charge in [-0.2, -0.15) is 0 Å². The SMILES string of the molecule is Cc1ccc2c(c1)COc1nn(C)cc1-2. The third-order valence-corrected chi connectivity index (χ3v) is 2.71. The fraction of sp³-hybridized carbons (Fsp3) is 0.250. The van der Waals surface area contributed by atoms with Crippen molar-refractivity contribution in [2.75, 3.05) is 0 Å². The number of benzene rings is 1. The molecule has 76 valence electrons. The van der Waals surface area contributed by atoms with E-state index in [1.54, 1.807) is 4.68 Å². The van der Waals surface area contributed by atoms with Crippen molar-refractivity contribution in [3.05, 3.63) is 35.5 Å². The lowest BCUT2D eigenvalue weighted by atomic mass is 9.99. The molecule has 0 spiro atoms. The second-order valence-electron chi connectivity index (χ2n) is 3.97. The van der Waals surface area contributed by atoms with Gasteiger partial charge in [-0.25, -0.2) is 0 Å². The quantitative estimate of drug-likeness (QED) is 0.652. The van der Waals surface area contributed by atoms with Crippen LogP contribution < -0.4 is 4.74 Å². The number of fused-ring (bicyclic) bond motifs is 3. The molecule has 0 fully saturated rings. The van der Waals surface area contributed by atoms with Crippen molar-refractivity contribution in [1.82, 2.24) is 9.78 Å². The van der Waals surface area contributed by atoms with Gasteiger partial charge in [-0.3, -0.25) is 4.68 Å². The fourth-order valence-corrected chi connectivity index (χ4v) is 2.01. The van der Waals surface area contributed by atoms with Crippen LogP contribution in [0.25, 0.3) is 11.1 Å². The lowest BCUT2D eigenvalue weighted by molar-refractivity contribution is 0.287. The van der Waals surface area contributed by atoms with Gasteiger partial charge in [0.15, 0.2) is 0 Å². The molecule has 0 radical (unpaired) electrons. The van der Waals surface area contributed by atoms with E-state index in [0.29, 0.717) is 6.61 Å². The summed E-state index contributed by atoms with van der Waals surface area (Å²) in [6.45, 7) is 2.72. The first-order valence-electron chi connectivity index (χ1n) is 5.00. The van der Waals surface area contributed by atoms with Crippen molar-refractivity contribution in [3.63, 3.8) is 0 Å². The molecular formula is C12H12N2O. The van der Waals surface area contributed by atoms with Crippen LogP contribution in [0.1, 0.15) is 11.1 Å². The summed E-state index contributed by atoms with van der Waals surface area (Å²) in [5, 5.41) is 4.27. The summed E-state index contributed by atoms with van der Waals surface area (Å²) in [6.07, 6.45) is 2.00. The van der Waals surface area contributed by atoms with Crippen molar-refractivity contribution < 1.29 is 4.74 Å². The topological polar surface area (TPSA) is 27.1 Å². The largest absolute Gasteiger partial charge is 0.471 e. The number of nitrogens with zero attached hydrogens (tertiary/aromatic N) is 2. The molecule has 0 bridgehead atoms. The summed E-state index contributed by atoms with van der Waals surface area (Å²) in [4.78, 5) is 0. The van der Waals surface area contributed by atoms with Gasteiger partial charge in [-0.15, -0.1) is 5.10 Å². The molecule has 2 aromatic rings. The minimum absolute atomic E-state index is 0.626. The van der Waals surface area contributed by atoms with E-state index in [2.05, 4.69) is 30.2 Å². The van der Waals surface area contributed by atoms with E-state index in [4.69, 9.17) is 4.74 Å². The van der Waals surface area contributed by atoms with E-state index < -0.39 is 0 Å². The van der Waals surface area contributed by atoms with E-state index in [1.165, 1.54) is 16.7 Å². The number of ether oxygens (including phenoxy) is 1. The summed E-state index contributed by atoms with van der Waals surface area (Å²) < 4.78 is 7.39. The summed E-state index contributed by atoms with van der Waals surface area (Å²) in [7, 11) is 1.91. The summed E-state index contributed by atoms with van der Waals surface area (Å²) in [5.74, 6) is 0.744. The predicted molar refractivity (Wildman–Crippen MR) is 57.7 cm³/mol. The van der Waals surface area contributed by atoms with Crippen molar-refractivity contribution >= 4 is 0 Å². The zero-order valence-electron chi connectivity index (χ0n) is 8.82. The molecule has 0 aliphatic carbocycles. The average Bonchev–Trinajstić information content (AvgIpc) is 2.58. The first-order valence-corrected chi connectivity index (χ1v) is 5.00. The molecule has 2 heterocycles. The van der Waals surface area contributed by atoms with Gasteiger partial charge >= 0.3 is 0 Å². The van der Waals surface area contributed by atoms with E-state index in [-0.39, 0.29) is 0 Å². The molecule has 15 heavy (non-hydrogen) atoms. The Kier molecular flexibility index (Phi) is 1.63. The molecule has 1 aromatic heterocycles. The van der Waals surface area contributed by atoms with Gasteiger partial charge < -0.3 is 4.74 Å². The van der Waals surface area contributed by atoms with E-state index in [9.17, 15) is 0 Å². The predicted octanol–water partition coefficient (Wildman–Crippen LogP) is 2.29. The standard InChI is InChI=1S/C12H12N2O/c1-8-3-4-10-9(5-8)7-15-12-11(10)6-14(2)13-12/h3-6H,7H2,1-2H3. The first-order chi connectivity index (χ1) is 7.24. The minimum Gasteiger partial charge on any atom is -0.471 e. The third-order valence-electron chi connectivity index (χ3n) is 2.71. The Morgan fingerprint density at radius 2 is 2.20 bits per heavy atom. The van der Waals surface area contributed by atoms with Crippen LogP contribution in [-0.2, 0) is 13.7 Å². The highest BCUT2D eigenvalue weighted by Gasteiger charge is 2.19. The van der Waals surface area contributed by atoms with Crippen LogP contribution in [-0.4, -0.2) is 9.78 Å². The molecule has 3 rings (SSSR count). The Labute approximate surface area is 88.3 Å². The number of aromatic nitrogens is 2. The highest BCUT2D eigenvalue weighted by Crippen LogP contribution is 2.36. The molecule has 1 aromatic carbocycles. The third kappa shape index (κ3) is 1.23. The van der Waals surface area contributed by atoms with E-state index in [0.717, 1.165) is 11.4 Å². The zero-order chi connectivity index (χ0) is 10.4. The lowest BCUT2D eigenvalue weighted by Crippen LogP contribution is -2.04. The molecule has 0 amide bonds. The van der Waals surface area contributed by atoms with Gasteiger partial charge in [0.05, 0.1) is 5.56 Å². The van der Waals surface area contributed by atoms with Gasteiger partial charge in [0.25, 0.3) is 0 Å². The highest BCUT2D eigenvalue weighted by molar-refractivity contribution is 5.73. The first kappa shape index (κ1) is 8.53. The van der Waals surface area contributed by atoms with Crippen molar-refractivity contribution in [2.45, 2.75) is 13.5 Å². The Morgan fingerprint density at radius 1 is 1.33 bits per heavy atom. The highest BCUT2D eigenvalue weighted by atomic mass is 16.5. The number of hydrogen-bond acceptors (Lipinski definition) is 2. The van der Waals surface area contributed by atoms with Gasteiger partial charge in [0.2, 0.25) is 5.88 Å². The normalized spacial score (nSPS) is 12.9. The summed E-state index contributed by atoms with van der Waals surface area (Å²) in [5.41, 5.74) is 4.86. The van der Waals surface area contributed by atoms with E-state index in [1.807, 2.05) is 13.2 Å². The molecule has 0 unspecified atom stereocenters. The fourth-order valence-electron chi connectivity index (χ4n) is 2.01. The van der Waals surface area contributed by atoms with Crippen LogP contribution >= 0.6 is 0 Å². The van der Waals surface area contributed by atoms with Crippen LogP contribution in [0.2, 0.25) is 0 Å². The van der Waals surface area contributed by atoms with Crippen molar-refractivity contribution in [3.8, 4) is 17.0 Å². The lowest BCUT2D eigenvalue weighted by Gasteiger charge is -2.16. The minimum atomic E-state index is 0.626. The maximum atomic E-state index is 5.59. The van der Waals surface area contributed by atoms with Crippen molar-refractivity contribution in [2.24, 2.45) is 7.05 Å². The van der Waals surface area contributed by atoms with Gasteiger partial charge in [-0.1, -0.05) is 23.8 Å². The van der Waals surface area contributed by atoms with Crippen LogP contribution in [0.4, 0.5) is 0 Å². The number of hydrogen-bond donors (Lipinski definition) is 0. The van der Waals surface area contributed by atoms with E-state index >= 15 is 0 Å². The van der Waals surface area contributed by atoms with Gasteiger partial charge in [0, 0.05) is 13.2 Å². The summed E-state index contributed by atoms with van der Waals surface area (Å²) >= 11 is 0. The zero-order valence-corrected chi connectivity index (χ0v) is 8.82. The molecule has 1 aliphatic heterocycles. The Balaban J connectivity index is 2.25. The maximum absolute atomic E-state index is 5.59. The molecule has 0 saturated heterocycles. The Bertz CT molecular complexity index is 528. The molecule has 3 heteroatoms. The van der Waals surface area contributed by atoms with Gasteiger partial charge in [-0.05, 0) is 18.1 Å². The Hall–Kier alpha value is -1.77. The molecule has 1 aliphatic rings. The Morgan fingerprint density at radius 3 is 3.07 bits per heavy atom. The monoisotopic (exact) mass is 200 g/mol. The molecule has 0 saturated carbocycles. The smallest absolute Gasteiger partial charge is 0.241 e. The second kappa shape index (κ2) is 2.86. The number of rotatable bonds is 0. The molecule has 0 N–H and O–H groups in total. The summed E-state index contributed by atoms with van der Waals surface area (Å²) in [6, 6.07) is 6.44. The van der Waals surface area contributed by atoms with Crippen LogP contribution in [0, 0.1) is 6.92 Å². The van der Waals surface area contributed by atoms with Crippen LogP contribution in [0.5, 0.6) is 5.88 Å². The maximum Gasteiger partial charge on any atom is 0.241 e. The van der Waals surface area contributed by atoms with Crippen LogP contribution in [0.3, 0.4) is 0 Å². The number of aryl methyl sites for hydroxylation is 2. The average molecular weight is 200 g/mol. The van der Waals surface area contributed by atoms with Crippen molar-refractivity contribution in [1.29, 1.82) is 0 Å².